The minimum atomic E-state index is -0.520. The molecule has 2 aromatic heterocycles. The maximum atomic E-state index is 12.1. The van der Waals surface area contributed by atoms with E-state index >= 15 is 0 Å². The zero-order chi connectivity index (χ0) is 18.7. The van der Waals surface area contributed by atoms with Crippen LogP contribution in [0.1, 0.15) is 12.7 Å². The number of hydrogen-bond donors (Lipinski definition) is 2. The maximum Gasteiger partial charge on any atom is 0.321 e. The molecule has 1 atom stereocenters. The van der Waals surface area contributed by atoms with Crippen molar-refractivity contribution >= 4 is 45.3 Å². The number of urea groups is 1. The number of fused-ring (bicyclic) bond motifs is 1. The fourth-order valence-corrected chi connectivity index (χ4v) is 4.44. The van der Waals surface area contributed by atoms with E-state index in [9.17, 15) is 9.59 Å². The third-order valence-corrected chi connectivity index (χ3v) is 5.83. The van der Waals surface area contributed by atoms with E-state index in [-0.39, 0.29) is 5.91 Å². The first-order valence-electron chi connectivity index (χ1n) is 8.00. The molecule has 1 aromatic carbocycles. The summed E-state index contributed by atoms with van der Waals surface area (Å²) < 4.78 is 0. The van der Waals surface area contributed by atoms with Crippen LogP contribution in [0.3, 0.4) is 0 Å². The molecule has 2 heterocycles. The van der Waals surface area contributed by atoms with Gasteiger partial charge < -0.3 is 5.32 Å². The molecule has 0 saturated heterocycles. The van der Waals surface area contributed by atoms with Crippen LogP contribution >= 0.6 is 23.1 Å². The Kier molecular flexibility index (Phi) is 5.53. The second-order valence-corrected chi connectivity index (χ2v) is 7.96. The average Bonchev–Trinajstić information content (AvgIpc) is 3.06. The van der Waals surface area contributed by atoms with Gasteiger partial charge in [0.2, 0.25) is 5.91 Å². The van der Waals surface area contributed by atoms with Crippen LogP contribution in [0.25, 0.3) is 20.7 Å². The van der Waals surface area contributed by atoms with Gasteiger partial charge in [0.15, 0.2) is 0 Å². The molecule has 0 aliphatic rings. The van der Waals surface area contributed by atoms with Crippen molar-refractivity contribution in [3.63, 3.8) is 0 Å². The molecule has 3 rings (SSSR count). The Morgan fingerprint density at radius 2 is 1.92 bits per heavy atom. The molecule has 134 valence electrons. The van der Waals surface area contributed by atoms with Gasteiger partial charge in [-0.1, -0.05) is 42.1 Å². The van der Waals surface area contributed by atoms with Crippen molar-refractivity contribution in [3.05, 3.63) is 42.2 Å². The molecule has 0 saturated carbocycles. The maximum absolute atomic E-state index is 12.1. The highest BCUT2D eigenvalue weighted by molar-refractivity contribution is 8.00. The van der Waals surface area contributed by atoms with E-state index in [4.69, 9.17) is 0 Å². The molecule has 26 heavy (non-hydrogen) atoms. The van der Waals surface area contributed by atoms with Crippen LogP contribution < -0.4 is 10.6 Å². The summed E-state index contributed by atoms with van der Waals surface area (Å²) in [6.07, 6.45) is 0. The number of thiophene rings is 1. The van der Waals surface area contributed by atoms with Crippen LogP contribution in [-0.4, -0.2) is 34.2 Å². The zero-order valence-corrected chi connectivity index (χ0v) is 16.2. The van der Waals surface area contributed by atoms with Crippen LogP contribution in [0.5, 0.6) is 0 Å². The minimum absolute atomic E-state index is 0.364. The lowest BCUT2D eigenvalue weighted by Gasteiger charge is -2.11. The van der Waals surface area contributed by atoms with E-state index in [2.05, 4.69) is 38.8 Å². The summed E-state index contributed by atoms with van der Waals surface area (Å²) in [4.78, 5) is 34.5. The highest BCUT2D eigenvalue weighted by Gasteiger charge is 2.20. The van der Waals surface area contributed by atoms with Gasteiger partial charge in [-0.25, -0.2) is 14.8 Å². The molecule has 0 unspecified atom stereocenters. The Balaban J connectivity index is 1.92. The number of carbonyl (C=O) groups excluding carboxylic acids is 2. The first kappa shape index (κ1) is 18.3. The quantitative estimate of drug-likeness (QED) is 0.529. The molecule has 6 nitrogen and oxygen atoms in total. The van der Waals surface area contributed by atoms with Crippen molar-refractivity contribution in [1.29, 1.82) is 0 Å². The predicted molar refractivity (Wildman–Crippen MR) is 106 cm³/mol. The van der Waals surface area contributed by atoms with E-state index < -0.39 is 11.3 Å². The van der Waals surface area contributed by atoms with Gasteiger partial charge in [0, 0.05) is 17.3 Å². The number of amides is 3. The highest BCUT2D eigenvalue weighted by Crippen LogP contribution is 2.37. The molecule has 8 heteroatoms. The number of imide groups is 1. The van der Waals surface area contributed by atoms with Crippen molar-refractivity contribution in [1.82, 2.24) is 20.6 Å². The number of hydrogen-bond acceptors (Lipinski definition) is 6. The number of aromatic nitrogens is 2. The second kappa shape index (κ2) is 7.84. The van der Waals surface area contributed by atoms with Crippen molar-refractivity contribution in [2.75, 3.05) is 7.05 Å². The van der Waals surface area contributed by atoms with Crippen molar-refractivity contribution in [2.24, 2.45) is 0 Å². The van der Waals surface area contributed by atoms with Crippen molar-refractivity contribution in [2.45, 2.75) is 24.1 Å². The van der Waals surface area contributed by atoms with Crippen LogP contribution in [0.2, 0.25) is 0 Å². The third kappa shape index (κ3) is 4.03. The summed E-state index contributed by atoms with van der Waals surface area (Å²) in [5.74, 6) is 0.289. The molecular formula is C18H18N4O2S2. The zero-order valence-electron chi connectivity index (χ0n) is 14.6. The van der Waals surface area contributed by atoms with Gasteiger partial charge in [0.1, 0.15) is 15.7 Å². The first-order chi connectivity index (χ1) is 12.5. The minimum Gasteiger partial charge on any atom is -0.341 e. The van der Waals surface area contributed by atoms with Crippen LogP contribution in [0.4, 0.5) is 4.79 Å². The number of aryl methyl sites for hydroxylation is 1. The molecule has 3 aromatic rings. The highest BCUT2D eigenvalue weighted by atomic mass is 32.2. The summed E-state index contributed by atoms with van der Waals surface area (Å²) in [6, 6.07) is 11.6. The Morgan fingerprint density at radius 1 is 1.19 bits per heavy atom. The molecule has 2 N–H and O–H groups in total. The fraction of sp³-hybridized carbons (Fsp3) is 0.222. The van der Waals surface area contributed by atoms with Crippen LogP contribution in [0.15, 0.2) is 41.4 Å². The fourth-order valence-electron chi connectivity index (χ4n) is 2.33. The van der Waals surface area contributed by atoms with Gasteiger partial charge in [-0.2, -0.15) is 0 Å². The molecule has 0 spiro atoms. The molecule has 0 radical (unpaired) electrons. The molecule has 0 aliphatic heterocycles. The molecule has 0 fully saturated rings. The summed E-state index contributed by atoms with van der Waals surface area (Å²) in [7, 11) is 1.47. The van der Waals surface area contributed by atoms with E-state index in [1.165, 1.54) is 18.8 Å². The summed E-state index contributed by atoms with van der Waals surface area (Å²) in [5, 5.41) is 5.86. The standard InChI is InChI=1S/C18H18N4O2S2/c1-10(15(23)22-18(24)19-3)25-16-13-9-14(12-7-5-4-6-8-12)26-17(13)21-11(2)20-16/h4-10H,1-3H3,(H2,19,22,23,24)/t10-/m1/s1. The topological polar surface area (TPSA) is 84.0 Å². The third-order valence-electron chi connectivity index (χ3n) is 3.65. The van der Waals surface area contributed by atoms with Gasteiger partial charge in [-0.05, 0) is 25.5 Å². The Labute approximate surface area is 159 Å². The normalized spacial score (nSPS) is 12.0. The van der Waals surface area contributed by atoms with Crippen LogP contribution in [-0.2, 0) is 4.79 Å². The Bertz CT molecular complexity index is 956. The van der Waals surface area contributed by atoms with Gasteiger partial charge in [-0.15, -0.1) is 11.3 Å². The van der Waals surface area contributed by atoms with E-state index in [0.29, 0.717) is 5.82 Å². The van der Waals surface area contributed by atoms with Crippen molar-refractivity contribution in [3.8, 4) is 10.4 Å². The summed E-state index contributed by atoms with van der Waals surface area (Å²) >= 11 is 2.92. The lowest BCUT2D eigenvalue weighted by molar-refractivity contribution is -0.119. The number of benzene rings is 1. The average molecular weight is 387 g/mol. The lowest BCUT2D eigenvalue weighted by atomic mass is 10.2. The molecule has 3 amide bonds. The Morgan fingerprint density at radius 3 is 2.62 bits per heavy atom. The summed E-state index contributed by atoms with van der Waals surface area (Å²) in [5.41, 5.74) is 1.12. The van der Waals surface area contributed by atoms with E-state index in [0.717, 1.165) is 25.7 Å². The molecule has 0 aliphatic carbocycles. The molecular weight excluding hydrogens is 368 g/mol. The SMILES string of the molecule is CNC(=O)NC(=O)[C@@H](C)Sc1nc(C)nc2sc(-c3ccccc3)cc12. The van der Waals surface area contributed by atoms with E-state index in [1.807, 2.05) is 25.1 Å². The van der Waals surface area contributed by atoms with Gasteiger partial charge in [-0.3, -0.25) is 10.1 Å². The largest absolute Gasteiger partial charge is 0.341 e. The Hall–Kier alpha value is -2.45. The number of thioether (sulfide) groups is 1. The lowest BCUT2D eigenvalue weighted by Crippen LogP contribution is -2.41. The number of nitrogens with zero attached hydrogens (tertiary/aromatic N) is 2. The van der Waals surface area contributed by atoms with Gasteiger partial charge >= 0.3 is 6.03 Å². The van der Waals surface area contributed by atoms with Gasteiger partial charge in [0.05, 0.1) is 5.25 Å². The summed E-state index contributed by atoms with van der Waals surface area (Å²) in [6.45, 7) is 3.58. The smallest absolute Gasteiger partial charge is 0.321 e. The van der Waals surface area contributed by atoms with E-state index in [1.54, 1.807) is 18.3 Å². The van der Waals surface area contributed by atoms with Gasteiger partial charge in [0.25, 0.3) is 0 Å². The van der Waals surface area contributed by atoms with Crippen LogP contribution in [0, 0.1) is 6.92 Å². The van der Waals surface area contributed by atoms with Crippen molar-refractivity contribution < 1.29 is 9.59 Å². The number of carbonyl (C=O) groups is 2. The monoisotopic (exact) mass is 386 g/mol. The number of rotatable bonds is 4. The number of nitrogens with one attached hydrogen (secondary N) is 2. The molecule has 0 bridgehead atoms. The second-order valence-electron chi connectivity index (χ2n) is 5.60. The predicted octanol–water partition coefficient (Wildman–Crippen LogP) is 3.60. The first-order valence-corrected chi connectivity index (χ1v) is 9.70.